The Morgan fingerprint density at radius 2 is 1.90 bits per heavy atom. The van der Waals surface area contributed by atoms with E-state index >= 15 is 0 Å². The Morgan fingerprint density at radius 3 is 2.55 bits per heavy atom. The third-order valence-corrected chi connectivity index (χ3v) is 3.21. The van der Waals surface area contributed by atoms with Crippen LogP contribution >= 0.6 is 0 Å². The number of carbonyl (C=O) groups excluding carboxylic acids is 2. The second kappa shape index (κ2) is 4.90. The monoisotopic (exact) mass is 271 g/mol. The smallest absolute Gasteiger partial charge is 0.295 e. The predicted octanol–water partition coefficient (Wildman–Crippen LogP) is 0.258. The van der Waals surface area contributed by atoms with E-state index in [0.29, 0.717) is 0 Å². The van der Waals surface area contributed by atoms with E-state index in [9.17, 15) is 9.59 Å². The van der Waals surface area contributed by atoms with E-state index in [1.54, 1.807) is 4.68 Å². The Hall–Kier alpha value is -2.47. The maximum Gasteiger partial charge on any atom is 0.295 e. The number of hydrogen-bond donors (Lipinski definition) is 1. The van der Waals surface area contributed by atoms with Gasteiger partial charge in [0.25, 0.3) is 11.7 Å². The summed E-state index contributed by atoms with van der Waals surface area (Å²) >= 11 is 0. The van der Waals surface area contributed by atoms with Gasteiger partial charge in [-0.15, -0.1) is 0 Å². The van der Waals surface area contributed by atoms with Crippen molar-refractivity contribution in [3.63, 3.8) is 0 Å². The van der Waals surface area contributed by atoms with Crippen molar-refractivity contribution in [2.75, 3.05) is 13.1 Å². The highest BCUT2D eigenvalue weighted by molar-refractivity contribution is 6.42. The van der Waals surface area contributed by atoms with Gasteiger partial charge >= 0.3 is 0 Å². The van der Waals surface area contributed by atoms with Crippen molar-refractivity contribution in [1.82, 2.24) is 14.7 Å². The van der Waals surface area contributed by atoms with Crippen LogP contribution in [0.3, 0.4) is 0 Å². The van der Waals surface area contributed by atoms with E-state index in [1.165, 1.54) is 17.3 Å². The number of nitrogens with zero attached hydrogens (tertiary/aromatic N) is 3. The molecule has 1 amide bonds. The Bertz CT molecular complexity index is 645. The highest BCUT2D eigenvalue weighted by Gasteiger charge is 2.33. The number of aliphatic hydroxyl groups excluding tert-OH is 1. The molecule has 0 radical (unpaired) electrons. The van der Waals surface area contributed by atoms with E-state index in [4.69, 9.17) is 5.11 Å². The van der Waals surface area contributed by atoms with Gasteiger partial charge in [0.2, 0.25) is 0 Å². The standard InChI is InChI=1S/C14H13N3O3/c18-12-8-16(9-12)14(20)13(19)10-6-15-17(7-10)11-4-2-1-3-5-11/h1-7,12,18H,8-9H2. The average Bonchev–Trinajstić information content (AvgIpc) is 2.93. The SMILES string of the molecule is O=C(C(=O)N1CC(O)C1)c1cnn(-c2ccccc2)c1. The van der Waals surface area contributed by atoms with Gasteiger partial charge in [0, 0.05) is 19.3 Å². The minimum absolute atomic E-state index is 0.220. The zero-order chi connectivity index (χ0) is 14.1. The maximum atomic E-state index is 12.0. The predicted molar refractivity (Wildman–Crippen MR) is 70.5 cm³/mol. The van der Waals surface area contributed by atoms with Crippen LogP contribution in [0.1, 0.15) is 10.4 Å². The molecule has 3 rings (SSSR count). The Kier molecular flexibility index (Phi) is 3.08. The molecule has 1 N–H and O–H groups in total. The van der Waals surface area contributed by atoms with Crippen LogP contribution in [0.4, 0.5) is 0 Å². The molecule has 1 aliphatic heterocycles. The van der Waals surface area contributed by atoms with Gasteiger partial charge in [0.05, 0.1) is 23.6 Å². The zero-order valence-electron chi connectivity index (χ0n) is 10.6. The van der Waals surface area contributed by atoms with Gasteiger partial charge < -0.3 is 10.0 Å². The van der Waals surface area contributed by atoms with Crippen molar-refractivity contribution in [3.05, 3.63) is 48.3 Å². The minimum Gasteiger partial charge on any atom is -0.389 e. The van der Waals surface area contributed by atoms with Crippen LogP contribution < -0.4 is 0 Å². The molecule has 6 nitrogen and oxygen atoms in total. The van der Waals surface area contributed by atoms with Gasteiger partial charge in [0.15, 0.2) is 0 Å². The number of β-amino-alcohol motifs (C(OH)–C–C–N with tert-alkyl or cyclic N) is 1. The number of hydrogen-bond acceptors (Lipinski definition) is 4. The molecule has 0 spiro atoms. The normalized spacial score (nSPS) is 14.9. The van der Waals surface area contributed by atoms with Gasteiger partial charge in [-0.2, -0.15) is 5.10 Å². The number of para-hydroxylation sites is 1. The third-order valence-electron chi connectivity index (χ3n) is 3.21. The highest BCUT2D eigenvalue weighted by Crippen LogP contribution is 2.12. The van der Waals surface area contributed by atoms with Crippen LogP contribution in [0, 0.1) is 0 Å². The summed E-state index contributed by atoms with van der Waals surface area (Å²) in [5, 5.41) is 13.2. The van der Waals surface area contributed by atoms with Crippen LogP contribution in [0.5, 0.6) is 0 Å². The molecule has 2 aromatic rings. The summed E-state index contributed by atoms with van der Waals surface area (Å²) in [4.78, 5) is 25.2. The van der Waals surface area contributed by atoms with Crippen LogP contribution in [0.2, 0.25) is 0 Å². The van der Waals surface area contributed by atoms with E-state index in [1.807, 2.05) is 30.3 Å². The maximum absolute atomic E-state index is 12.0. The van der Waals surface area contributed by atoms with Crippen LogP contribution in [0.15, 0.2) is 42.7 Å². The minimum atomic E-state index is -0.598. The van der Waals surface area contributed by atoms with Crippen molar-refractivity contribution < 1.29 is 14.7 Å². The van der Waals surface area contributed by atoms with Crippen molar-refractivity contribution in [1.29, 1.82) is 0 Å². The van der Waals surface area contributed by atoms with E-state index in [2.05, 4.69) is 5.10 Å². The molecule has 0 bridgehead atoms. The Labute approximate surface area is 115 Å². The van der Waals surface area contributed by atoms with Gasteiger partial charge in [-0.05, 0) is 12.1 Å². The van der Waals surface area contributed by atoms with Crippen molar-refractivity contribution >= 4 is 11.7 Å². The fraction of sp³-hybridized carbons (Fsp3) is 0.214. The molecular weight excluding hydrogens is 258 g/mol. The van der Waals surface area contributed by atoms with E-state index in [-0.39, 0.29) is 18.7 Å². The van der Waals surface area contributed by atoms with Gasteiger partial charge in [0.1, 0.15) is 0 Å². The Balaban J connectivity index is 1.77. The second-order valence-corrected chi connectivity index (χ2v) is 4.70. The molecule has 1 aliphatic rings. The first-order valence-corrected chi connectivity index (χ1v) is 6.27. The van der Waals surface area contributed by atoms with Crippen molar-refractivity contribution in [2.24, 2.45) is 0 Å². The number of aromatic nitrogens is 2. The topological polar surface area (TPSA) is 75.4 Å². The number of benzene rings is 1. The molecule has 1 saturated heterocycles. The first kappa shape index (κ1) is 12.6. The summed E-state index contributed by atoms with van der Waals surface area (Å²) in [5.41, 5.74) is 1.07. The van der Waals surface area contributed by atoms with Crippen LogP contribution in [-0.4, -0.2) is 50.7 Å². The van der Waals surface area contributed by atoms with Crippen LogP contribution in [-0.2, 0) is 4.79 Å². The fourth-order valence-corrected chi connectivity index (χ4v) is 2.05. The average molecular weight is 271 g/mol. The summed E-state index contributed by atoms with van der Waals surface area (Å²) < 4.78 is 1.55. The van der Waals surface area contributed by atoms with Crippen molar-refractivity contribution in [2.45, 2.75) is 6.10 Å². The first-order chi connectivity index (χ1) is 9.65. The molecule has 102 valence electrons. The third kappa shape index (κ3) is 2.21. The second-order valence-electron chi connectivity index (χ2n) is 4.70. The molecule has 1 aromatic heterocycles. The molecule has 6 heteroatoms. The molecule has 2 heterocycles. The number of ketones is 1. The highest BCUT2D eigenvalue weighted by atomic mass is 16.3. The lowest BCUT2D eigenvalue weighted by atomic mass is 10.1. The summed E-state index contributed by atoms with van der Waals surface area (Å²) in [6.07, 6.45) is 2.40. The molecular formula is C14H13N3O3. The number of likely N-dealkylation sites (tertiary alicyclic amines) is 1. The number of aliphatic hydroxyl groups is 1. The number of amides is 1. The number of carbonyl (C=O) groups is 2. The molecule has 20 heavy (non-hydrogen) atoms. The zero-order valence-corrected chi connectivity index (χ0v) is 10.6. The van der Waals surface area contributed by atoms with E-state index < -0.39 is 17.8 Å². The number of rotatable bonds is 3. The molecule has 0 unspecified atom stereocenters. The van der Waals surface area contributed by atoms with Gasteiger partial charge in [-0.1, -0.05) is 18.2 Å². The van der Waals surface area contributed by atoms with Crippen LogP contribution in [0.25, 0.3) is 5.69 Å². The lowest BCUT2D eigenvalue weighted by Crippen LogP contribution is -2.55. The summed E-state index contributed by atoms with van der Waals surface area (Å²) in [5.74, 6) is -1.19. The Morgan fingerprint density at radius 1 is 1.20 bits per heavy atom. The molecule has 0 atom stereocenters. The summed E-state index contributed by atoms with van der Waals surface area (Å²) in [6, 6.07) is 9.33. The van der Waals surface area contributed by atoms with Gasteiger partial charge in [-0.25, -0.2) is 4.68 Å². The van der Waals surface area contributed by atoms with Crippen molar-refractivity contribution in [3.8, 4) is 5.69 Å². The first-order valence-electron chi connectivity index (χ1n) is 6.27. The lowest BCUT2D eigenvalue weighted by Gasteiger charge is -2.35. The fourth-order valence-electron chi connectivity index (χ4n) is 2.05. The molecule has 1 aromatic carbocycles. The molecule has 0 aliphatic carbocycles. The summed E-state index contributed by atoms with van der Waals surface area (Å²) in [7, 11) is 0. The number of Topliss-reactive ketones (excluding diaryl/α,β-unsaturated/α-hetero) is 1. The molecule has 0 saturated carbocycles. The lowest BCUT2D eigenvalue weighted by molar-refractivity contribution is -0.136. The van der Waals surface area contributed by atoms with Gasteiger partial charge in [-0.3, -0.25) is 9.59 Å². The quantitative estimate of drug-likeness (QED) is 0.641. The van der Waals surface area contributed by atoms with E-state index in [0.717, 1.165) is 5.69 Å². The largest absolute Gasteiger partial charge is 0.389 e. The molecule has 1 fully saturated rings. The summed E-state index contributed by atoms with van der Waals surface area (Å²) in [6.45, 7) is 0.439.